The van der Waals surface area contributed by atoms with Crippen LogP contribution in [0.1, 0.15) is 24.0 Å². The monoisotopic (exact) mass is 617 g/mol. The predicted molar refractivity (Wildman–Crippen MR) is 158 cm³/mol. The maximum Gasteiger partial charge on any atom is 0.271 e. The van der Waals surface area contributed by atoms with E-state index in [-0.39, 0.29) is 39.1 Å². The average molecular weight is 618 g/mol. The number of sulfonamides is 1. The Morgan fingerprint density at radius 3 is 2.29 bits per heavy atom. The van der Waals surface area contributed by atoms with Crippen molar-refractivity contribution >= 4 is 33.2 Å². The maximum atomic E-state index is 15.7. The third kappa shape index (κ3) is 5.08. The van der Waals surface area contributed by atoms with Crippen LogP contribution in [0.4, 0.5) is 10.1 Å². The van der Waals surface area contributed by atoms with Gasteiger partial charge < -0.3 is 24.4 Å². The molecule has 0 radical (unpaired) electrons. The lowest BCUT2D eigenvalue weighted by Crippen LogP contribution is -2.46. The van der Waals surface area contributed by atoms with Crippen molar-refractivity contribution in [2.24, 2.45) is 0 Å². The zero-order valence-electron chi connectivity index (χ0n) is 23.7. The molecule has 42 heavy (non-hydrogen) atoms. The highest BCUT2D eigenvalue weighted by Crippen LogP contribution is 2.54. The highest BCUT2D eigenvalue weighted by atomic mass is 35.5. The van der Waals surface area contributed by atoms with E-state index in [0.717, 1.165) is 30.5 Å². The molecule has 0 aromatic heterocycles. The van der Waals surface area contributed by atoms with Crippen LogP contribution in [0, 0.1) is 5.82 Å². The zero-order valence-corrected chi connectivity index (χ0v) is 25.2. The first-order valence-corrected chi connectivity index (χ1v) is 15.4. The minimum Gasteiger partial charge on any atom is -0.495 e. The molecule has 2 aliphatic rings. The number of nitrogens with one attached hydrogen (secondary N) is 1. The van der Waals surface area contributed by atoms with Crippen molar-refractivity contribution in [3.63, 3.8) is 0 Å². The van der Waals surface area contributed by atoms with E-state index in [9.17, 15) is 13.2 Å². The molecular formula is C30H33ClFN3O6S. The van der Waals surface area contributed by atoms with Crippen LogP contribution in [-0.2, 0) is 20.2 Å². The van der Waals surface area contributed by atoms with Gasteiger partial charge >= 0.3 is 0 Å². The second kappa shape index (κ2) is 12.1. The highest BCUT2D eigenvalue weighted by Gasteiger charge is 2.57. The van der Waals surface area contributed by atoms with E-state index in [1.807, 2.05) is 0 Å². The van der Waals surface area contributed by atoms with Crippen molar-refractivity contribution in [2.75, 3.05) is 58.4 Å². The van der Waals surface area contributed by atoms with E-state index in [1.165, 1.54) is 69.9 Å². The second-order valence-electron chi connectivity index (χ2n) is 10.2. The number of rotatable bonds is 10. The summed E-state index contributed by atoms with van der Waals surface area (Å²) in [4.78, 5) is 16.8. The summed E-state index contributed by atoms with van der Waals surface area (Å²) in [5.74, 6) is -0.721. The summed E-state index contributed by atoms with van der Waals surface area (Å²) >= 11 is 6.57. The van der Waals surface area contributed by atoms with Crippen molar-refractivity contribution in [3.8, 4) is 17.2 Å². The van der Waals surface area contributed by atoms with Crippen LogP contribution < -0.4 is 23.8 Å². The number of nitrogens with zero attached hydrogens (tertiary/aromatic N) is 2. The summed E-state index contributed by atoms with van der Waals surface area (Å²) in [7, 11) is -0.304. The van der Waals surface area contributed by atoms with Gasteiger partial charge in [0.05, 0.1) is 36.9 Å². The molecular weight excluding hydrogens is 585 g/mol. The minimum atomic E-state index is -4.53. The minimum absolute atomic E-state index is 0.0569. The Labute approximate surface area is 250 Å². The summed E-state index contributed by atoms with van der Waals surface area (Å²) in [6.07, 6.45) is 0.664. The van der Waals surface area contributed by atoms with Crippen molar-refractivity contribution < 1.29 is 31.8 Å². The van der Waals surface area contributed by atoms with Crippen LogP contribution in [0.2, 0.25) is 5.02 Å². The number of amides is 1. The van der Waals surface area contributed by atoms with Crippen LogP contribution in [0.3, 0.4) is 0 Å². The second-order valence-corrected chi connectivity index (χ2v) is 12.4. The Balaban J connectivity index is 1.70. The smallest absolute Gasteiger partial charge is 0.271 e. The van der Waals surface area contributed by atoms with Gasteiger partial charge in [-0.15, -0.1) is 0 Å². The molecule has 1 unspecified atom stereocenters. The highest BCUT2D eigenvalue weighted by molar-refractivity contribution is 7.93. The van der Waals surface area contributed by atoms with Gasteiger partial charge in [-0.25, -0.2) is 17.1 Å². The molecule has 0 aliphatic carbocycles. The maximum absolute atomic E-state index is 15.7. The molecule has 3 aromatic rings. The van der Waals surface area contributed by atoms with Gasteiger partial charge in [0.15, 0.2) is 11.5 Å². The number of carbonyl (C=O) groups is 1. The van der Waals surface area contributed by atoms with Crippen molar-refractivity contribution in [2.45, 2.75) is 23.2 Å². The molecule has 1 amide bonds. The topological polar surface area (TPSA) is 97.4 Å². The number of hydrogen-bond donors (Lipinski definition) is 1. The molecule has 3 aromatic carbocycles. The molecule has 0 spiro atoms. The Kier molecular flexibility index (Phi) is 8.66. The van der Waals surface area contributed by atoms with Gasteiger partial charge in [-0.1, -0.05) is 29.8 Å². The van der Waals surface area contributed by atoms with E-state index in [0.29, 0.717) is 24.3 Å². The van der Waals surface area contributed by atoms with Crippen LogP contribution in [-0.4, -0.2) is 73.3 Å². The first-order valence-electron chi connectivity index (χ1n) is 13.6. The van der Waals surface area contributed by atoms with E-state index in [4.69, 9.17) is 25.8 Å². The van der Waals surface area contributed by atoms with Crippen molar-refractivity contribution in [3.05, 3.63) is 76.6 Å². The fourth-order valence-corrected chi connectivity index (χ4v) is 7.61. The molecule has 0 saturated carbocycles. The summed E-state index contributed by atoms with van der Waals surface area (Å²) < 4.78 is 61.1. The lowest BCUT2D eigenvalue weighted by atomic mass is 9.72. The molecule has 12 heteroatoms. The number of halogens is 2. The van der Waals surface area contributed by atoms with Crippen molar-refractivity contribution in [1.29, 1.82) is 0 Å². The summed E-state index contributed by atoms with van der Waals surface area (Å²) in [6.45, 7) is 4.06. The molecule has 1 fully saturated rings. The van der Waals surface area contributed by atoms with Crippen molar-refractivity contribution in [1.82, 2.24) is 10.2 Å². The largest absolute Gasteiger partial charge is 0.495 e. The SMILES string of the molecule is COc1cc2c(cc1Cl)C(CCCN1CCNCC1)(c1ccccc1F)C(=O)N2S(=O)(=O)c1ccc(OC)c(OC)c1. The Bertz CT molecular complexity index is 1600. The van der Waals surface area contributed by atoms with Gasteiger partial charge in [-0.3, -0.25) is 4.79 Å². The van der Waals surface area contributed by atoms with E-state index >= 15 is 4.39 Å². The molecule has 9 nitrogen and oxygen atoms in total. The van der Waals surface area contributed by atoms with Crippen LogP contribution in [0.15, 0.2) is 59.5 Å². The number of methoxy groups -OCH3 is 3. The third-order valence-corrected chi connectivity index (χ3v) is 9.95. The normalized spacial score (nSPS) is 19.1. The number of anilines is 1. The molecule has 2 aliphatic heterocycles. The number of hydrogen-bond acceptors (Lipinski definition) is 8. The molecule has 2 heterocycles. The van der Waals surface area contributed by atoms with Crippen LogP contribution in [0.5, 0.6) is 17.2 Å². The predicted octanol–water partition coefficient (Wildman–Crippen LogP) is 4.21. The number of benzene rings is 3. The first kappa shape index (κ1) is 30.1. The van der Waals surface area contributed by atoms with Crippen LogP contribution in [0.25, 0.3) is 0 Å². The standard InChI is InChI=1S/C30H33ClFN3O6S/c1-39-26-10-9-20(17-28(26)41-3)42(37,38)35-25-19-27(40-2)23(31)18-22(25)30(29(35)36,21-7-4-5-8-24(21)32)11-6-14-34-15-12-33-13-16-34/h4-5,7-10,17-19,33H,6,11-16H2,1-3H3. The summed E-state index contributed by atoms with van der Waals surface area (Å²) in [6, 6.07) is 13.0. The lowest BCUT2D eigenvalue weighted by molar-refractivity contribution is -0.121. The Morgan fingerprint density at radius 2 is 1.62 bits per heavy atom. The fourth-order valence-electron chi connectivity index (χ4n) is 5.87. The fraction of sp³-hybridized carbons (Fsp3) is 0.367. The zero-order chi connectivity index (χ0) is 30.1. The summed E-state index contributed by atoms with van der Waals surface area (Å²) in [5, 5.41) is 3.49. The van der Waals surface area contributed by atoms with Gasteiger partial charge in [0.1, 0.15) is 17.0 Å². The van der Waals surface area contributed by atoms with E-state index in [2.05, 4.69) is 10.2 Å². The Morgan fingerprint density at radius 1 is 0.929 bits per heavy atom. The average Bonchev–Trinajstić information content (AvgIpc) is 3.24. The molecule has 1 saturated heterocycles. The molecule has 224 valence electrons. The molecule has 1 atom stereocenters. The van der Waals surface area contributed by atoms with Crippen LogP contribution >= 0.6 is 11.6 Å². The molecule has 1 N–H and O–H groups in total. The number of carbonyl (C=O) groups excluding carboxylic acids is 1. The third-order valence-electron chi connectivity index (χ3n) is 7.96. The van der Waals surface area contributed by atoms with Gasteiger partial charge in [0.25, 0.3) is 15.9 Å². The van der Waals surface area contributed by atoms with Gasteiger partial charge in [-0.05, 0) is 49.2 Å². The first-order chi connectivity index (χ1) is 20.2. The van der Waals surface area contributed by atoms with Gasteiger partial charge in [0.2, 0.25) is 0 Å². The van der Waals surface area contributed by atoms with E-state index < -0.39 is 27.2 Å². The quantitative estimate of drug-likeness (QED) is 0.361. The van der Waals surface area contributed by atoms with Gasteiger partial charge in [0, 0.05) is 43.9 Å². The van der Waals surface area contributed by atoms with E-state index in [1.54, 1.807) is 6.07 Å². The molecule has 0 bridgehead atoms. The number of fused-ring (bicyclic) bond motifs is 1. The lowest BCUT2D eigenvalue weighted by Gasteiger charge is -2.32. The Hall–Kier alpha value is -3.38. The number of piperazine rings is 1. The summed E-state index contributed by atoms with van der Waals surface area (Å²) in [5.41, 5.74) is -1.22. The molecule has 5 rings (SSSR count). The van der Waals surface area contributed by atoms with Gasteiger partial charge in [-0.2, -0.15) is 0 Å². The number of ether oxygens (including phenoxy) is 3.